The molecule has 4 nitrogen and oxygen atoms in total. The van der Waals surface area contributed by atoms with Gasteiger partial charge < -0.3 is 10.1 Å². The number of nitrogens with one attached hydrogen (secondary N) is 1. The highest BCUT2D eigenvalue weighted by Crippen LogP contribution is 2.24. The van der Waals surface area contributed by atoms with Crippen LogP contribution in [0, 0.1) is 5.92 Å². The third-order valence-corrected chi connectivity index (χ3v) is 3.52. The Hall–Kier alpha value is -0.870. The van der Waals surface area contributed by atoms with Crippen LogP contribution >= 0.6 is 0 Å². The number of hydrogen-bond acceptors (Lipinski definition) is 3. The topological polar surface area (TPSA) is 39.1 Å². The van der Waals surface area contributed by atoms with Gasteiger partial charge in [0.25, 0.3) is 0 Å². The summed E-state index contributed by atoms with van der Waals surface area (Å²) < 4.78 is 7.73. The average molecular weight is 237 g/mol. The summed E-state index contributed by atoms with van der Waals surface area (Å²) in [6.07, 6.45) is 6.56. The molecular weight excluding hydrogens is 214 g/mol. The molecule has 4 heteroatoms. The van der Waals surface area contributed by atoms with E-state index in [1.807, 2.05) is 17.9 Å². The van der Waals surface area contributed by atoms with Crippen molar-refractivity contribution in [2.45, 2.75) is 38.8 Å². The minimum Gasteiger partial charge on any atom is -0.376 e. The molecule has 3 unspecified atom stereocenters. The smallest absolute Gasteiger partial charge is 0.0757 e. The number of hydrogen-bond donors (Lipinski definition) is 1. The highest BCUT2D eigenvalue weighted by Gasteiger charge is 2.31. The van der Waals surface area contributed by atoms with Gasteiger partial charge in [-0.3, -0.25) is 4.68 Å². The highest BCUT2D eigenvalue weighted by molar-refractivity contribution is 5.07. The first-order valence-electron chi connectivity index (χ1n) is 6.53. The number of aromatic nitrogens is 2. The molecule has 2 heterocycles. The van der Waals surface area contributed by atoms with Gasteiger partial charge >= 0.3 is 0 Å². The lowest BCUT2D eigenvalue weighted by atomic mass is 9.94. The molecule has 3 atom stereocenters. The van der Waals surface area contributed by atoms with Gasteiger partial charge in [0.1, 0.15) is 0 Å². The van der Waals surface area contributed by atoms with Gasteiger partial charge in [0.2, 0.25) is 0 Å². The molecule has 2 rings (SSSR count). The standard InChI is InChI=1S/C13H23N3O/c1-4-14-12(13-10(2)5-6-17-13)7-11-8-15-16(3)9-11/h8-10,12-14H,4-7H2,1-3H3. The Morgan fingerprint density at radius 3 is 3.00 bits per heavy atom. The van der Waals surface area contributed by atoms with Crippen LogP contribution in [0.2, 0.25) is 0 Å². The second-order valence-corrected chi connectivity index (χ2v) is 4.99. The molecule has 0 bridgehead atoms. The molecule has 0 spiro atoms. The van der Waals surface area contributed by atoms with E-state index in [1.54, 1.807) is 0 Å². The van der Waals surface area contributed by atoms with Gasteiger partial charge in [-0.1, -0.05) is 13.8 Å². The lowest BCUT2D eigenvalue weighted by Crippen LogP contribution is -2.43. The van der Waals surface area contributed by atoms with Gasteiger partial charge in [-0.05, 0) is 30.9 Å². The summed E-state index contributed by atoms with van der Waals surface area (Å²) in [4.78, 5) is 0. The van der Waals surface area contributed by atoms with E-state index in [0.717, 1.165) is 19.6 Å². The zero-order valence-electron chi connectivity index (χ0n) is 11.0. The maximum Gasteiger partial charge on any atom is 0.0757 e. The highest BCUT2D eigenvalue weighted by atomic mass is 16.5. The monoisotopic (exact) mass is 237 g/mol. The van der Waals surface area contributed by atoms with Crippen molar-refractivity contribution < 1.29 is 4.74 Å². The zero-order chi connectivity index (χ0) is 12.3. The molecule has 0 saturated carbocycles. The van der Waals surface area contributed by atoms with Crippen molar-refractivity contribution in [1.82, 2.24) is 15.1 Å². The predicted molar refractivity (Wildman–Crippen MR) is 67.9 cm³/mol. The van der Waals surface area contributed by atoms with E-state index in [0.29, 0.717) is 18.1 Å². The van der Waals surface area contributed by atoms with Crippen molar-refractivity contribution in [3.8, 4) is 0 Å². The third-order valence-electron chi connectivity index (χ3n) is 3.52. The maximum atomic E-state index is 5.87. The third kappa shape index (κ3) is 3.07. The predicted octanol–water partition coefficient (Wildman–Crippen LogP) is 1.37. The first kappa shape index (κ1) is 12.6. The zero-order valence-corrected chi connectivity index (χ0v) is 11.0. The molecule has 0 aliphatic carbocycles. The van der Waals surface area contributed by atoms with Gasteiger partial charge in [-0.15, -0.1) is 0 Å². The Morgan fingerprint density at radius 2 is 2.47 bits per heavy atom. The van der Waals surface area contributed by atoms with E-state index in [1.165, 1.54) is 12.0 Å². The van der Waals surface area contributed by atoms with Crippen LogP contribution in [0.3, 0.4) is 0 Å². The number of likely N-dealkylation sites (N-methyl/N-ethyl adjacent to an activating group) is 1. The van der Waals surface area contributed by atoms with Crippen LogP contribution in [0.4, 0.5) is 0 Å². The van der Waals surface area contributed by atoms with Gasteiger partial charge in [-0.2, -0.15) is 5.10 Å². The fraction of sp³-hybridized carbons (Fsp3) is 0.769. The molecule has 17 heavy (non-hydrogen) atoms. The summed E-state index contributed by atoms with van der Waals surface area (Å²) in [5.74, 6) is 0.649. The van der Waals surface area contributed by atoms with Gasteiger partial charge in [0.15, 0.2) is 0 Å². The lowest BCUT2D eigenvalue weighted by Gasteiger charge is -2.26. The van der Waals surface area contributed by atoms with Crippen LogP contribution in [0.5, 0.6) is 0 Å². The van der Waals surface area contributed by atoms with Crippen LogP contribution in [0.15, 0.2) is 12.4 Å². The second-order valence-electron chi connectivity index (χ2n) is 4.99. The summed E-state index contributed by atoms with van der Waals surface area (Å²) in [7, 11) is 1.96. The summed E-state index contributed by atoms with van der Waals surface area (Å²) in [6.45, 7) is 6.32. The molecular formula is C13H23N3O. The Kier molecular flexibility index (Phi) is 4.18. The van der Waals surface area contributed by atoms with E-state index in [4.69, 9.17) is 4.74 Å². The van der Waals surface area contributed by atoms with E-state index in [-0.39, 0.29) is 0 Å². The number of ether oxygens (including phenoxy) is 1. The Balaban J connectivity index is 2.01. The van der Waals surface area contributed by atoms with E-state index in [2.05, 4.69) is 30.5 Å². The number of nitrogens with zero attached hydrogens (tertiary/aromatic N) is 2. The van der Waals surface area contributed by atoms with Crippen molar-refractivity contribution >= 4 is 0 Å². The summed E-state index contributed by atoms with van der Waals surface area (Å²) in [6, 6.07) is 0.404. The molecule has 0 radical (unpaired) electrons. The molecule has 1 aromatic rings. The van der Waals surface area contributed by atoms with Gasteiger partial charge in [0.05, 0.1) is 12.3 Å². The van der Waals surface area contributed by atoms with Crippen LogP contribution in [-0.2, 0) is 18.2 Å². The Labute approximate surface area is 103 Å². The summed E-state index contributed by atoms with van der Waals surface area (Å²) >= 11 is 0. The van der Waals surface area contributed by atoms with Gasteiger partial charge in [0, 0.05) is 25.9 Å². The fourth-order valence-corrected chi connectivity index (χ4v) is 2.63. The SMILES string of the molecule is CCNC(Cc1cnn(C)c1)C1OCCC1C. The molecule has 96 valence electrons. The summed E-state index contributed by atoms with van der Waals surface area (Å²) in [5, 5.41) is 7.77. The number of aryl methyl sites for hydroxylation is 1. The van der Waals surface area contributed by atoms with Crippen LogP contribution < -0.4 is 5.32 Å². The van der Waals surface area contributed by atoms with Crippen molar-refractivity contribution in [2.24, 2.45) is 13.0 Å². The van der Waals surface area contributed by atoms with Gasteiger partial charge in [-0.25, -0.2) is 0 Å². The first-order valence-corrected chi connectivity index (χ1v) is 6.53. The van der Waals surface area contributed by atoms with Crippen LogP contribution in [0.25, 0.3) is 0 Å². The molecule has 1 fully saturated rings. The van der Waals surface area contributed by atoms with E-state index >= 15 is 0 Å². The van der Waals surface area contributed by atoms with E-state index < -0.39 is 0 Å². The first-order chi connectivity index (χ1) is 8.20. The molecule has 1 aromatic heterocycles. The molecule has 1 aliphatic heterocycles. The van der Waals surface area contributed by atoms with Crippen LogP contribution in [-0.4, -0.2) is 35.1 Å². The normalized spacial score (nSPS) is 26.3. The molecule has 1 saturated heterocycles. The number of rotatable bonds is 5. The largest absolute Gasteiger partial charge is 0.376 e. The lowest BCUT2D eigenvalue weighted by molar-refractivity contribution is 0.0615. The van der Waals surface area contributed by atoms with E-state index in [9.17, 15) is 0 Å². The van der Waals surface area contributed by atoms with Crippen molar-refractivity contribution in [3.05, 3.63) is 18.0 Å². The maximum absolute atomic E-state index is 5.87. The Bertz CT molecular complexity index is 350. The average Bonchev–Trinajstić information content (AvgIpc) is 2.87. The quantitative estimate of drug-likeness (QED) is 0.840. The second kappa shape index (κ2) is 5.65. The molecule has 1 aliphatic rings. The molecule has 0 amide bonds. The molecule has 0 aromatic carbocycles. The minimum absolute atomic E-state index is 0.343. The Morgan fingerprint density at radius 1 is 1.65 bits per heavy atom. The van der Waals surface area contributed by atoms with Crippen molar-refractivity contribution in [3.63, 3.8) is 0 Å². The van der Waals surface area contributed by atoms with Crippen molar-refractivity contribution in [1.29, 1.82) is 0 Å². The fourth-order valence-electron chi connectivity index (χ4n) is 2.63. The van der Waals surface area contributed by atoms with Crippen molar-refractivity contribution in [2.75, 3.05) is 13.2 Å². The molecule has 1 N–H and O–H groups in total. The van der Waals surface area contributed by atoms with Crippen LogP contribution in [0.1, 0.15) is 25.8 Å². The summed E-state index contributed by atoms with van der Waals surface area (Å²) in [5.41, 5.74) is 1.28. The minimum atomic E-state index is 0.343.